The molecule has 0 fully saturated rings. The molecule has 0 aliphatic carbocycles. The van der Waals surface area contributed by atoms with Crippen LogP contribution in [-0.2, 0) is 6.42 Å². The van der Waals surface area contributed by atoms with Gasteiger partial charge in [-0.25, -0.2) is 0 Å². The molecule has 0 saturated carbocycles. The molecule has 2 aromatic carbocycles. The van der Waals surface area contributed by atoms with Gasteiger partial charge in [0.25, 0.3) is 0 Å². The zero-order valence-electron chi connectivity index (χ0n) is 10.7. The zero-order valence-corrected chi connectivity index (χ0v) is 13.8. The summed E-state index contributed by atoms with van der Waals surface area (Å²) in [5.41, 5.74) is 6.56. The Balaban J connectivity index is 2.24. The molecular formula is C15H16Br2N2. The van der Waals surface area contributed by atoms with Crippen molar-refractivity contribution in [2.24, 2.45) is 5.84 Å². The van der Waals surface area contributed by atoms with Gasteiger partial charge in [0.15, 0.2) is 0 Å². The molecule has 0 spiro atoms. The Morgan fingerprint density at radius 1 is 1.11 bits per heavy atom. The Morgan fingerprint density at radius 2 is 1.89 bits per heavy atom. The fourth-order valence-corrected chi connectivity index (χ4v) is 3.21. The van der Waals surface area contributed by atoms with E-state index in [1.165, 1.54) is 16.7 Å². The number of hydrazine groups is 1. The first kappa shape index (κ1) is 14.7. The van der Waals surface area contributed by atoms with Crippen LogP contribution in [0.25, 0.3) is 0 Å². The summed E-state index contributed by atoms with van der Waals surface area (Å²) in [5.74, 6) is 5.71. The number of halogens is 2. The zero-order chi connectivity index (χ0) is 13.8. The van der Waals surface area contributed by atoms with Gasteiger partial charge in [-0.3, -0.25) is 11.3 Å². The van der Waals surface area contributed by atoms with Crippen molar-refractivity contribution >= 4 is 31.9 Å². The van der Waals surface area contributed by atoms with E-state index < -0.39 is 0 Å². The van der Waals surface area contributed by atoms with Gasteiger partial charge >= 0.3 is 0 Å². The molecule has 0 aliphatic heterocycles. The van der Waals surface area contributed by atoms with Crippen LogP contribution in [-0.4, -0.2) is 0 Å². The van der Waals surface area contributed by atoms with Crippen molar-refractivity contribution in [2.45, 2.75) is 19.4 Å². The minimum atomic E-state index is 0.102. The Labute approximate surface area is 130 Å². The van der Waals surface area contributed by atoms with Gasteiger partial charge in [0.1, 0.15) is 0 Å². The van der Waals surface area contributed by atoms with Crippen LogP contribution >= 0.6 is 31.9 Å². The number of hydrogen-bond donors (Lipinski definition) is 2. The first-order valence-electron chi connectivity index (χ1n) is 6.06. The molecule has 2 rings (SSSR count). The maximum Gasteiger partial charge on any atom is 0.0500 e. The molecular weight excluding hydrogens is 368 g/mol. The predicted molar refractivity (Wildman–Crippen MR) is 86.8 cm³/mol. The van der Waals surface area contributed by atoms with Crippen LogP contribution in [0.3, 0.4) is 0 Å². The summed E-state index contributed by atoms with van der Waals surface area (Å²) in [5, 5.41) is 0. The van der Waals surface area contributed by atoms with Crippen LogP contribution in [0, 0.1) is 6.92 Å². The van der Waals surface area contributed by atoms with Crippen LogP contribution in [0.5, 0.6) is 0 Å². The number of benzene rings is 2. The van der Waals surface area contributed by atoms with Crippen LogP contribution in [0.15, 0.2) is 51.4 Å². The van der Waals surface area contributed by atoms with E-state index in [1.807, 2.05) is 12.1 Å². The number of nitrogens with two attached hydrogens (primary N) is 1. The molecule has 0 amide bonds. The lowest BCUT2D eigenvalue weighted by atomic mass is 9.98. The van der Waals surface area contributed by atoms with E-state index in [0.29, 0.717) is 0 Å². The van der Waals surface area contributed by atoms with Crippen molar-refractivity contribution in [3.05, 3.63) is 68.1 Å². The third-order valence-electron chi connectivity index (χ3n) is 3.00. The molecule has 4 heteroatoms. The maximum atomic E-state index is 5.71. The van der Waals surface area contributed by atoms with Crippen LogP contribution in [0.4, 0.5) is 0 Å². The molecule has 100 valence electrons. The fraction of sp³-hybridized carbons (Fsp3) is 0.200. The van der Waals surface area contributed by atoms with E-state index in [-0.39, 0.29) is 6.04 Å². The van der Waals surface area contributed by atoms with Crippen molar-refractivity contribution in [3.63, 3.8) is 0 Å². The SMILES string of the molecule is Cc1cc(Br)cc(C(Cc2cccc(Br)c2)NN)c1. The highest BCUT2D eigenvalue weighted by molar-refractivity contribution is 9.10. The smallest absolute Gasteiger partial charge is 0.0500 e. The fourth-order valence-electron chi connectivity index (χ4n) is 2.14. The molecule has 1 atom stereocenters. The summed E-state index contributed by atoms with van der Waals surface area (Å²) >= 11 is 7.03. The number of nitrogens with one attached hydrogen (secondary N) is 1. The van der Waals surface area contributed by atoms with Gasteiger partial charge in [-0.2, -0.15) is 0 Å². The number of rotatable bonds is 4. The third-order valence-corrected chi connectivity index (χ3v) is 3.95. The molecule has 0 radical (unpaired) electrons. The Morgan fingerprint density at radius 3 is 2.53 bits per heavy atom. The summed E-state index contributed by atoms with van der Waals surface area (Å²) in [6.07, 6.45) is 0.853. The van der Waals surface area contributed by atoms with Gasteiger partial charge < -0.3 is 0 Å². The monoisotopic (exact) mass is 382 g/mol. The normalized spacial score (nSPS) is 12.4. The first-order valence-corrected chi connectivity index (χ1v) is 7.65. The molecule has 19 heavy (non-hydrogen) atoms. The highest BCUT2D eigenvalue weighted by atomic mass is 79.9. The van der Waals surface area contributed by atoms with Crippen LogP contribution in [0.1, 0.15) is 22.7 Å². The lowest BCUT2D eigenvalue weighted by Crippen LogP contribution is -2.29. The molecule has 1 unspecified atom stereocenters. The predicted octanol–water partition coefficient (Wildman–Crippen LogP) is 4.27. The molecule has 0 heterocycles. The lowest BCUT2D eigenvalue weighted by Gasteiger charge is -2.17. The average Bonchev–Trinajstić information content (AvgIpc) is 2.34. The Hall–Kier alpha value is -0.680. The topological polar surface area (TPSA) is 38.0 Å². The van der Waals surface area contributed by atoms with Crippen molar-refractivity contribution in [2.75, 3.05) is 0 Å². The lowest BCUT2D eigenvalue weighted by molar-refractivity contribution is 0.551. The Kier molecular flexibility index (Phi) is 5.16. The van der Waals surface area contributed by atoms with Gasteiger partial charge in [0, 0.05) is 8.95 Å². The molecule has 2 nitrogen and oxygen atoms in total. The van der Waals surface area contributed by atoms with Crippen molar-refractivity contribution in [3.8, 4) is 0 Å². The van der Waals surface area contributed by atoms with Crippen LogP contribution in [0.2, 0.25) is 0 Å². The summed E-state index contributed by atoms with van der Waals surface area (Å²) in [7, 11) is 0. The highest BCUT2D eigenvalue weighted by Crippen LogP contribution is 2.24. The van der Waals surface area contributed by atoms with E-state index in [1.54, 1.807) is 0 Å². The van der Waals surface area contributed by atoms with Crippen LogP contribution < -0.4 is 11.3 Å². The van der Waals surface area contributed by atoms with Crippen molar-refractivity contribution in [1.29, 1.82) is 0 Å². The van der Waals surface area contributed by atoms with E-state index in [0.717, 1.165) is 15.4 Å². The standard InChI is InChI=1S/C15H16Br2N2/c1-10-5-12(9-14(17)6-10)15(19-18)8-11-3-2-4-13(16)7-11/h2-7,9,15,19H,8,18H2,1H3. The maximum absolute atomic E-state index is 5.71. The second-order valence-electron chi connectivity index (χ2n) is 4.62. The quantitative estimate of drug-likeness (QED) is 0.611. The van der Waals surface area contributed by atoms with E-state index in [9.17, 15) is 0 Å². The van der Waals surface area contributed by atoms with E-state index >= 15 is 0 Å². The second-order valence-corrected chi connectivity index (χ2v) is 6.45. The van der Waals surface area contributed by atoms with Crippen molar-refractivity contribution in [1.82, 2.24) is 5.43 Å². The number of hydrogen-bond acceptors (Lipinski definition) is 2. The summed E-state index contributed by atoms with van der Waals surface area (Å²) in [4.78, 5) is 0. The third kappa shape index (κ3) is 4.14. The summed E-state index contributed by atoms with van der Waals surface area (Å²) in [6.45, 7) is 2.08. The van der Waals surface area contributed by atoms with Gasteiger partial charge in [-0.15, -0.1) is 0 Å². The molecule has 0 aromatic heterocycles. The van der Waals surface area contributed by atoms with Gasteiger partial charge in [-0.05, 0) is 54.3 Å². The minimum absolute atomic E-state index is 0.102. The molecule has 2 aromatic rings. The largest absolute Gasteiger partial charge is 0.271 e. The van der Waals surface area contributed by atoms with Gasteiger partial charge in [-0.1, -0.05) is 50.1 Å². The highest BCUT2D eigenvalue weighted by Gasteiger charge is 2.11. The van der Waals surface area contributed by atoms with Crippen molar-refractivity contribution < 1.29 is 0 Å². The Bertz CT molecular complexity index is 550. The molecule has 0 aliphatic rings. The second kappa shape index (κ2) is 6.66. The molecule has 0 bridgehead atoms. The van der Waals surface area contributed by atoms with E-state index in [2.05, 4.69) is 74.5 Å². The average molecular weight is 384 g/mol. The van der Waals surface area contributed by atoms with E-state index in [4.69, 9.17) is 5.84 Å². The summed E-state index contributed by atoms with van der Waals surface area (Å²) in [6, 6.07) is 14.8. The molecule has 0 saturated heterocycles. The summed E-state index contributed by atoms with van der Waals surface area (Å²) < 4.78 is 2.17. The van der Waals surface area contributed by atoms with Gasteiger partial charge in [0.2, 0.25) is 0 Å². The molecule has 3 N–H and O–H groups in total. The van der Waals surface area contributed by atoms with Gasteiger partial charge in [0.05, 0.1) is 6.04 Å². The number of aryl methyl sites for hydroxylation is 1. The minimum Gasteiger partial charge on any atom is -0.271 e. The first-order chi connectivity index (χ1) is 9.08.